The lowest BCUT2D eigenvalue weighted by Crippen LogP contribution is -2.45. The van der Waals surface area contributed by atoms with Crippen LogP contribution in [0.15, 0.2) is 23.2 Å². The summed E-state index contributed by atoms with van der Waals surface area (Å²) in [5.41, 5.74) is 2.33. The minimum absolute atomic E-state index is 0. The van der Waals surface area contributed by atoms with E-state index in [1.807, 2.05) is 7.05 Å². The first-order chi connectivity index (χ1) is 14.2. The Balaban J connectivity index is 0.00000320. The second kappa shape index (κ2) is 13.3. The summed E-state index contributed by atoms with van der Waals surface area (Å²) in [6.45, 7) is 8.02. The van der Waals surface area contributed by atoms with Crippen molar-refractivity contribution < 1.29 is 14.2 Å². The number of hydrogen-bond donors (Lipinski definition) is 2. The summed E-state index contributed by atoms with van der Waals surface area (Å²) >= 11 is 0. The van der Waals surface area contributed by atoms with Gasteiger partial charge >= 0.3 is 0 Å². The van der Waals surface area contributed by atoms with E-state index in [4.69, 9.17) is 14.2 Å². The van der Waals surface area contributed by atoms with E-state index in [-0.39, 0.29) is 30.1 Å². The van der Waals surface area contributed by atoms with Crippen molar-refractivity contribution in [1.82, 2.24) is 15.5 Å². The van der Waals surface area contributed by atoms with Crippen LogP contribution in [-0.2, 0) is 16.0 Å². The SMILES string of the molecule is CN=C(NCc1ccc(C)cc1OC1CCOC1)NCC1CCCN1CCOC.I. The Kier molecular flexibility index (Phi) is 11.2. The van der Waals surface area contributed by atoms with Gasteiger partial charge < -0.3 is 24.8 Å². The zero-order valence-electron chi connectivity index (χ0n) is 18.5. The first-order valence-electron chi connectivity index (χ1n) is 10.7. The molecule has 0 aliphatic carbocycles. The van der Waals surface area contributed by atoms with E-state index in [2.05, 4.69) is 45.6 Å². The minimum Gasteiger partial charge on any atom is -0.488 e. The van der Waals surface area contributed by atoms with Gasteiger partial charge in [0.1, 0.15) is 11.9 Å². The molecule has 30 heavy (non-hydrogen) atoms. The fourth-order valence-corrected chi connectivity index (χ4v) is 3.95. The highest BCUT2D eigenvalue weighted by Crippen LogP contribution is 2.24. The largest absolute Gasteiger partial charge is 0.488 e. The highest BCUT2D eigenvalue weighted by molar-refractivity contribution is 14.0. The maximum Gasteiger partial charge on any atom is 0.191 e. The normalized spacial score (nSPS) is 22.0. The summed E-state index contributed by atoms with van der Waals surface area (Å²) in [4.78, 5) is 6.89. The quantitative estimate of drug-likeness (QED) is 0.290. The van der Waals surface area contributed by atoms with Gasteiger partial charge in [-0.05, 0) is 37.9 Å². The predicted octanol–water partition coefficient (Wildman–Crippen LogP) is 2.56. The third kappa shape index (κ3) is 7.55. The third-order valence-corrected chi connectivity index (χ3v) is 5.66. The van der Waals surface area contributed by atoms with E-state index >= 15 is 0 Å². The fourth-order valence-electron chi connectivity index (χ4n) is 3.95. The molecule has 1 aromatic carbocycles. The van der Waals surface area contributed by atoms with E-state index in [1.165, 1.54) is 18.4 Å². The monoisotopic (exact) mass is 532 g/mol. The molecule has 2 saturated heterocycles. The highest BCUT2D eigenvalue weighted by Gasteiger charge is 2.24. The number of aryl methyl sites for hydroxylation is 1. The molecule has 1 aromatic rings. The van der Waals surface area contributed by atoms with Gasteiger partial charge in [-0.25, -0.2) is 0 Å². The Bertz CT molecular complexity index is 668. The summed E-state index contributed by atoms with van der Waals surface area (Å²) in [5.74, 6) is 1.75. The number of nitrogens with one attached hydrogen (secondary N) is 2. The van der Waals surface area contributed by atoms with Gasteiger partial charge in [0.05, 0.1) is 19.8 Å². The number of rotatable bonds is 9. The van der Waals surface area contributed by atoms with Crippen LogP contribution in [0.1, 0.15) is 30.4 Å². The molecule has 0 radical (unpaired) electrons. The van der Waals surface area contributed by atoms with Crippen LogP contribution in [0.2, 0.25) is 0 Å². The molecule has 0 saturated carbocycles. The van der Waals surface area contributed by atoms with Crippen LogP contribution in [0.25, 0.3) is 0 Å². The number of ether oxygens (including phenoxy) is 3. The second-order valence-electron chi connectivity index (χ2n) is 7.85. The zero-order valence-corrected chi connectivity index (χ0v) is 20.8. The number of aliphatic imine (C=N–C) groups is 1. The molecule has 8 heteroatoms. The van der Waals surface area contributed by atoms with Gasteiger partial charge in [-0.1, -0.05) is 12.1 Å². The molecule has 7 nitrogen and oxygen atoms in total. The van der Waals surface area contributed by atoms with Gasteiger partial charge in [0.25, 0.3) is 0 Å². The first-order valence-corrected chi connectivity index (χ1v) is 10.7. The van der Waals surface area contributed by atoms with E-state index in [1.54, 1.807) is 7.11 Å². The van der Waals surface area contributed by atoms with E-state index in [9.17, 15) is 0 Å². The lowest BCUT2D eigenvalue weighted by molar-refractivity contribution is 0.140. The minimum atomic E-state index is 0. The molecule has 2 atom stereocenters. The van der Waals surface area contributed by atoms with Crippen LogP contribution < -0.4 is 15.4 Å². The molecule has 0 amide bonds. The fraction of sp³-hybridized carbons (Fsp3) is 0.682. The molecule has 0 aromatic heterocycles. The van der Waals surface area contributed by atoms with Crippen LogP contribution >= 0.6 is 24.0 Å². The summed E-state index contributed by atoms with van der Waals surface area (Å²) in [5, 5.41) is 6.92. The van der Waals surface area contributed by atoms with Gasteiger partial charge in [-0.3, -0.25) is 9.89 Å². The smallest absolute Gasteiger partial charge is 0.191 e. The molecular weight excluding hydrogens is 495 g/mol. The average molecular weight is 532 g/mol. The first kappa shape index (κ1) is 25.2. The van der Waals surface area contributed by atoms with Gasteiger partial charge in [0.2, 0.25) is 0 Å². The average Bonchev–Trinajstić information content (AvgIpc) is 3.39. The summed E-state index contributed by atoms with van der Waals surface area (Å²) in [7, 11) is 3.58. The number of nitrogens with zero attached hydrogens (tertiary/aromatic N) is 2. The standard InChI is InChI=1S/C22H36N4O3.HI/c1-17-6-7-18(21(13-17)29-20-8-11-28-16-20)14-24-22(23-2)25-15-19-5-4-9-26(19)10-12-27-3;/h6-7,13,19-20H,4-5,8-12,14-16H2,1-3H3,(H2,23,24,25);1H. The Morgan fingerprint density at radius 2 is 2.17 bits per heavy atom. The maximum atomic E-state index is 6.20. The molecule has 2 aliphatic heterocycles. The van der Waals surface area contributed by atoms with Gasteiger partial charge in [0, 0.05) is 51.8 Å². The Morgan fingerprint density at radius 1 is 1.30 bits per heavy atom. The number of hydrogen-bond acceptors (Lipinski definition) is 5. The van der Waals surface area contributed by atoms with Gasteiger partial charge in [-0.15, -0.1) is 24.0 Å². The van der Waals surface area contributed by atoms with Crippen molar-refractivity contribution in [2.45, 2.75) is 44.9 Å². The lowest BCUT2D eigenvalue weighted by Gasteiger charge is -2.25. The van der Waals surface area contributed by atoms with Gasteiger partial charge in [-0.2, -0.15) is 0 Å². The van der Waals surface area contributed by atoms with E-state index in [0.29, 0.717) is 19.2 Å². The van der Waals surface area contributed by atoms with Crippen LogP contribution in [0.3, 0.4) is 0 Å². The third-order valence-electron chi connectivity index (χ3n) is 5.66. The number of methoxy groups -OCH3 is 1. The number of likely N-dealkylation sites (tertiary alicyclic amines) is 1. The molecule has 2 fully saturated rings. The summed E-state index contributed by atoms with van der Waals surface area (Å²) in [6.07, 6.45) is 3.56. The summed E-state index contributed by atoms with van der Waals surface area (Å²) < 4.78 is 16.9. The molecule has 0 bridgehead atoms. The van der Waals surface area contributed by atoms with Crippen molar-refractivity contribution in [3.63, 3.8) is 0 Å². The molecule has 170 valence electrons. The molecule has 2 aliphatic rings. The molecule has 3 rings (SSSR count). The van der Waals surface area contributed by atoms with Crippen molar-refractivity contribution in [1.29, 1.82) is 0 Å². The van der Waals surface area contributed by atoms with E-state index < -0.39 is 0 Å². The van der Waals surface area contributed by atoms with Crippen LogP contribution in [0.4, 0.5) is 0 Å². The van der Waals surface area contributed by atoms with Crippen molar-refractivity contribution in [2.24, 2.45) is 4.99 Å². The van der Waals surface area contributed by atoms with E-state index in [0.717, 1.165) is 56.5 Å². The molecule has 2 heterocycles. The van der Waals surface area contributed by atoms with Crippen molar-refractivity contribution in [3.8, 4) is 5.75 Å². The van der Waals surface area contributed by atoms with Crippen molar-refractivity contribution >= 4 is 29.9 Å². The second-order valence-corrected chi connectivity index (χ2v) is 7.85. The van der Waals surface area contributed by atoms with Crippen LogP contribution in [-0.4, -0.2) is 76.6 Å². The Labute approximate surface area is 197 Å². The maximum absolute atomic E-state index is 6.20. The van der Waals surface area contributed by atoms with Gasteiger partial charge in [0.15, 0.2) is 5.96 Å². The van der Waals surface area contributed by atoms with Crippen LogP contribution in [0.5, 0.6) is 5.75 Å². The molecule has 2 N–H and O–H groups in total. The van der Waals surface area contributed by atoms with Crippen LogP contribution in [0, 0.1) is 6.92 Å². The number of guanidine groups is 1. The number of benzene rings is 1. The molecule has 2 unspecified atom stereocenters. The number of halogens is 1. The van der Waals surface area contributed by atoms with Crippen molar-refractivity contribution in [3.05, 3.63) is 29.3 Å². The Morgan fingerprint density at radius 3 is 2.90 bits per heavy atom. The van der Waals surface area contributed by atoms with Crippen molar-refractivity contribution in [2.75, 3.05) is 53.6 Å². The molecular formula is C22H37IN4O3. The zero-order chi connectivity index (χ0) is 20.5. The highest BCUT2D eigenvalue weighted by atomic mass is 127. The lowest BCUT2D eigenvalue weighted by atomic mass is 10.1. The summed E-state index contributed by atoms with van der Waals surface area (Å²) in [6, 6.07) is 6.89. The topological polar surface area (TPSA) is 67.4 Å². The Hall–Kier alpha value is -1.10. The predicted molar refractivity (Wildman–Crippen MR) is 131 cm³/mol. The molecule has 0 spiro atoms.